The molecule has 1 N–H and O–H groups in total. The second-order valence-corrected chi connectivity index (χ2v) is 6.49. The van der Waals surface area contributed by atoms with Gasteiger partial charge in [0.05, 0.1) is 18.3 Å². The summed E-state index contributed by atoms with van der Waals surface area (Å²) < 4.78 is 0. The van der Waals surface area contributed by atoms with E-state index in [1.165, 1.54) is 5.56 Å². The molecule has 1 aliphatic rings. The molecular weight excluding hydrogens is 312 g/mol. The normalized spacial score (nSPS) is 17.6. The molecule has 3 aromatic rings. The first kappa shape index (κ1) is 15.6. The summed E-state index contributed by atoms with van der Waals surface area (Å²) in [5.74, 6) is 0.813. The molecule has 0 radical (unpaired) electrons. The van der Waals surface area contributed by atoms with E-state index in [0.717, 1.165) is 35.2 Å². The maximum absolute atomic E-state index is 12.2. The van der Waals surface area contributed by atoms with Gasteiger partial charge in [0.1, 0.15) is 0 Å². The van der Waals surface area contributed by atoms with Crippen LogP contribution in [0, 0.1) is 6.92 Å². The topological polar surface area (TPSA) is 58.1 Å². The van der Waals surface area contributed by atoms with Crippen LogP contribution in [0.3, 0.4) is 0 Å². The standard InChI is InChI=1S/C20H20N4O/c1-14-17-9-5-6-10-18(17)20(23-22-14)24-12-16(21-19(25)13-24)11-15-7-3-2-4-8-15/h2-10,16H,11-13H2,1H3,(H,21,25)/t16-/m0/s1. The Labute approximate surface area is 146 Å². The highest BCUT2D eigenvalue weighted by molar-refractivity contribution is 5.95. The van der Waals surface area contributed by atoms with Crippen LogP contribution in [0.25, 0.3) is 10.8 Å². The van der Waals surface area contributed by atoms with Crippen molar-refractivity contribution in [3.63, 3.8) is 0 Å². The Morgan fingerprint density at radius 1 is 1.04 bits per heavy atom. The molecular formula is C20H20N4O. The number of hydrogen-bond donors (Lipinski definition) is 1. The number of aromatic nitrogens is 2. The SMILES string of the molecule is Cc1nnc(N2CC(=O)N[C@@H](Cc3ccccc3)C2)c2ccccc12. The summed E-state index contributed by atoms with van der Waals surface area (Å²) in [7, 11) is 0. The van der Waals surface area contributed by atoms with Crippen LogP contribution in [0.5, 0.6) is 0 Å². The Morgan fingerprint density at radius 2 is 1.76 bits per heavy atom. The predicted molar refractivity (Wildman–Crippen MR) is 98.6 cm³/mol. The summed E-state index contributed by atoms with van der Waals surface area (Å²) in [5, 5.41) is 13.9. The highest BCUT2D eigenvalue weighted by Gasteiger charge is 2.27. The van der Waals surface area contributed by atoms with Gasteiger partial charge in [0, 0.05) is 17.3 Å². The molecule has 0 spiro atoms. The van der Waals surface area contributed by atoms with Gasteiger partial charge in [-0.3, -0.25) is 4.79 Å². The number of rotatable bonds is 3. The third kappa shape index (κ3) is 3.18. The Hall–Kier alpha value is -2.95. The maximum Gasteiger partial charge on any atom is 0.239 e. The van der Waals surface area contributed by atoms with E-state index in [0.29, 0.717) is 6.54 Å². The van der Waals surface area contributed by atoms with Gasteiger partial charge >= 0.3 is 0 Å². The lowest BCUT2D eigenvalue weighted by molar-refractivity contribution is -0.121. The largest absolute Gasteiger partial charge is 0.350 e. The number of benzene rings is 2. The molecule has 2 heterocycles. The van der Waals surface area contributed by atoms with Gasteiger partial charge in [-0.1, -0.05) is 54.6 Å². The van der Waals surface area contributed by atoms with Crippen molar-refractivity contribution in [3.05, 3.63) is 65.9 Å². The van der Waals surface area contributed by atoms with Gasteiger partial charge in [0.25, 0.3) is 0 Å². The third-order valence-electron chi connectivity index (χ3n) is 4.62. The molecule has 126 valence electrons. The van der Waals surface area contributed by atoms with Crippen molar-refractivity contribution in [2.75, 3.05) is 18.0 Å². The zero-order chi connectivity index (χ0) is 17.2. The number of anilines is 1. The lowest BCUT2D eigenvalue weighted by Crippen LogP contribution is -2.55. The molecule has 0 aliphatic carbocycles. The highest BCUT2D eigenvalue weighted by atomic mass is 16.2. The molecule has 1 atom stereocenters. The minimum atomic E-state index is 0.0265. The first-order valence-corrected chi connectivity index (χ1v) is 8.51. The molecule has 1 aliphatic heterocycles. The van der Waals surface area contributed by atoms with E-state index in [-0.39, 0.29) is 11.9 Å². The third-order valence-corrected chi connectivity index (χ3v) is 4.62. The van der Waals surface area contributed by atoms with Crippen LogP contribution in [-0.2, 0) is 11.2 Å². The number of carbonyl (C=O) groups excluding carboxylic acids is 1. The molecule has 5 heteroatoms. The Kier molecular flexibility index (Phi) is 4.06. The zero-order valence-corrected chi connectivity index (χ0v) is 14.1. The Balaban J connectivity index is 1.64. The molecule has 1 fully saturated rings. The van der Waals surface area contributed by atoms with Crippen molar-refractivity contribution in [3.8, 4) is 0 Å². The lowest BCUT2D eigenvalue weighted by Gasteiger charge is -2.34. The van der Waals surface area contributed by atoms with Gasteiger partial charge in [-0.15, -0.1) is 5.10 Å². The first-order valence-electron chi connectivity index (χ1n) is 8.51. The summed E-state index contributed by atoms with van der Waals surface area (Å²) in [6.45, 7) is 3.00. The van der Waals surface area contributed by atoms with Crippen LogP contribution < -0.4 is 10.2 Å². The average Bonchev–Trinajstić information content (AvgIpc) is 2.63. The number of fused-ring (bicyclic) bond motifs is 1. The number of hydrogen-bond acceptors (Lipinski definition) is 4. The summed E-state index contributed by atoms with van der Waals surface area (Å²) in [6, 6.07) is 18.4. The monoisotopic (exact) mass is 332 g/mol. The van der Waals surface area contributed by atoms with Gasteiger partial charge in [-0.25, -0.2) is 0 Å². The van der Waals surface area contributed by atoms with Crippen molar-refractivity contribution in [1.82, 2.24) is 15.5 Å². The molecule has 1 amide bonds. The van der Waals surface area contributed by atoms with Crippen molar-refractivity contribution < 1.29 is 4.79 Å². The number of nitrogens with one attached hydrogen (secondary N) is 1. The van der Waals surface area contributed by atoms with Crippen molar-refractivity contribution >= 4 is 22.5 Å². The fourth-order valence-corrected chi connectivity index (χ4v) is 3.46. The second kappa shape index (κ2) is 6.51. The number of nitrogens with zero attached hydrogens (tertiary/aromatic N) is 3. The molecule has 1 saturated heterocycles. The fraction of sp³-hybridized carbons (Fsp3) is 0.250. The smallest absolute Gasteiger partial charge is 0.239 e. The predicted octanol–water partition coefficient (Wildman–Crippen LogP) is 2.49. The van der Waals surface area contributed by atoms with Gasteiger partial charge in [0.2, 0.25) is 5.91 Å². The average molecular weight is 332 g/mol. The molecule has 1 aromatic heterocycles. The molecule has 0 unspecified atom stereocenters. The minimum absolute atomic E-state index is 0.0265. The van der Waals surface area contributed by atoms with Crippen LogP contribution in [0.2, 0.25) is 0 Å². The molecule has 0 bridgehead atoms. The quantitative estimate of drug-likeness (QED) is 0.800. The van der Waals surface area contributed by atoms with E-state index < -0.39 is 0 Å². The summed E-state index contributed by atoms with van der Waals surface area (Å²) in [6.07, 6.45) is 0.806. The highest BCUT2D eigenvalue weighted by Crippen LogP contribution is 2.26. The van der Waals surface area contributed by atoms with Crippen LogP contribution >= 0.6 is 0 Å². The van der Waals surface area contributed by atoms with Gasteiger partial charge in [-0.2, -0.15) is 5.10 Å². The number of carbonyl (C=O) groups is 1. The second-order valence-electron chi connectivity index (χ2n) is 6.49. The summed E-state index contributed by atoms with van der Waals surface area (Å²) in [5.41, 5.74) is 2.12. The van der Waals surface area contributed by atoms with Gasteiger partial charge < -0.3 is 10.2 Å². The number of piperazine rings is 1. The minimum Gasteiger partial charge on any atom is -0.350 e. The van der Waals surface area contributed by atoms with Crippen molar-refractivity contribution in [2.24, 2.45) is 0 Å². The number of amides is 1. The summed E-state index contributed by atoms with van der Waals surface area (Å²) in [4.78, 5) is 14.3. The van der Waals surface area contributed by atoms with E-state index in [9.17, 15) is 4.79 Å². The van der Waals surface area contributed by atoms with Crippen LogP contribution in [0.15, 0.2) is 54.6 Å². The van der Waals surface area contributed by atoms with E-state index in [1.54, 1.807) is 0 Å². The Bertz CT molecular complexity index is 910. The van der Waals surface area contributed by atoms with Crippen molar-refractivity contribution in [2.45, 2.75) is 19.4 Å². The van der Waals surface area contributed by atoms with Crippen LogP contribution in [0.4, 0.5) is 5.82 Å². The zero-order valence-electron chi connectivity index (χ0n) is 14.1. The first-order chi connectivity index (χ1) is 12.2. The van der Waals surface area contributed by atoms with Crippen molar-refractivity contribution in [1.29, 1.82) is 0 Å². The van der Waals surface area contributed by atoms with E-state index >= 15 is 0 Å². The Morgan fingerprint density at radius 3 is 2.56 bits per heavy atom. The molecule has 5 nitrogen and oxygen atoms in total. The molecule has 0 saturated carbocycles. The van der Waals surface area contributed by atoms with Crippen LogP contribution in [-0.4, -0.2) is 35.2 Å². The lowest BCUT2D eigenvalue weighted by atomic mass is 10.0. The van der Waals surface area contributed by atoms with Crippen LogP contribution in [0.1, 0.15) is 11.3 Å². The van der Waals surface area contributed by atoms with E-state index in [1.807, 2.05) is 54.3 Å². The summed E-state index contributed by atoms with van der Waals surface area (Å²) >= 11 is 0. The van der Waals surface area contributed by atoms with Gasteiger partial charge in [-0.05, 0) is 18.9 Å². The molecule has 2 aromatic carbocycles. The molecule has 25 heavy (non-hydrogen) atoms. The fourth-order valence-electron chi connectivity index (χ4n) is 3.46. The molecule has 4 rings (SSSR count). The van der Waals surface area contributed by atoms with Gasteiger partial charge in [0.15, 0.2) is 5.82 Å². The van der Waals surface area contributed by atoms with E-state index in [2.05, 4.69) is 27.6 Å². The van der Waals surface area contributed by atoms with E-state index in [4.69, 9.17) is 0 Å². The maximum atomic E-state index is 12.2. The number of aryl methyl sites for hydroxylation is 1.